The van der Waals surface area contributed by atoms with Crippen molar-refractivity contribution in [1.29, 1.82) is 0 Å². The molecular weight excluding hydrogens is 570 g/mol. The fraction of sp³-hybridized carbons (Fsp3) is 0. The smallest absolute Gasteiger partial charge is 0.227 e. The summed E-state index contributed by atoms with van der Waals surface area (Å²) in [6.07, 6.45) is 6.95. The monoisotopic (exact) mass is 593 g/mol. The topological polar surface area (TPSA) is 95.4 Å². The first-order valence-electron chi connectivity index (χ1n) is 14.9. The third kappa shape index (κ3) is 4.31. The molecule has 0 spiro atoms. The minimum Gasteiger partial charge on any atom is -0.435 e. The fourth-order valence-electron chi connectivity index (χ4n) is 5.95. The molecule has 0 aliphatic rings. The number of fused-ring (bicyclic) bond motifs is 5. The summed E-state index contributed by atoms with van der Waals surface area (Å²) in [5.74, 6) is 2.35. The maximum Gasteiger partial charge on any atom is 0.227 e. The van der Waals surface area contributed by atoms with Crippen LogP contribution in [-0.4, -0.2) is 34.5 Å². The van der Waals surface area contributed by atoms with Gasteiger partial charge in [0.2, 0.25) is 5.89 Å². The molecule has 8 heteroatoms. The van der Waals surface area contributed by atoms with E-state index in [4.69, 9.17) is 24.4 Å². The highest BCUT2D eigenvalue weighted by atomic mass is 16.3. The Bertz CT molecular complexity index is 2450. The van der Waals surface area contributed by atoms with Gasteiger partial charge in [0.05, 0.1) is 16.4 Å². The van der Waals surface area contributed by atoms with E-state index in [1.54, 1.807) is 24.8 Å². The molecule has 9 aromatic rings. The van der Waals surface area contributed by atoms with E-state index in [1.807, 2.05) is 60.7 Å². The number of rotatable bonds is 5. The molecule has 5 aromatic heterocycles. The molecule has 0 N–H and O–H groups in total. The van der Waals surface area contributed by atoms with E-state index < -0.39 is 0 Å². The van der Waals surface area contributed by atoms with Crippen LogP contribution in [0.25, 0.3) is 84.2 Å². The maximum absolute atomic E-state index is 6.44. The van der Waals surface area contributed by atoms with Crippen molar-refractivity contribution < 1.29 is 4.42 Å². The Morgan fingerprint density at radius 2 is 1.04 bits per heavy atom. The van der Waals surface area contributed by atoms with Crippen molar-refractivity contribution in [3.8, 4) is 51.3 Å². The van der Waals surface area contributed by atoms with Gasteiger partial charge in [-0.3, -0.25) is 9.97 Å². The standard InChI is InChI=1S/C38H23N7O/c1-2-6-27(7-3-1)38-41-30-14-15-32-33(34(30)46-38)29-8-4-5-9-31(29)45(32)28-12-10-24(11-13-28)35-42-36(25-16-20-39-21-17-25)44-37(43-35)26-18-22-40-23-19-26/h1-23H. The van der Waals surface area contributed by atoms with E-state index in [1.165, 1.54) is 0 Å². The Labute approximate surface area is 262 Å². The molecule has 0 bridgehead atoms. The van der Waals surface area contributed by atoms with E-state index in [0.29, 0.717) is 23.4 Å². The summed E-state index contributed by atoms with van der Waals surface area (Å²) in [5.41, 5.74) is 8.29. The average molecular weight is 594 g/mol. The van der Waals surface area contributed by atoms with Gasteiger partial charge in [0, 0.05) is 58.1 Å². The summed E-state index contributed by atoms with van der Waals surface area (Å²) in [6, 6.07) is 38.4. The van der Waals surface area contributed by atoms with E-state index in [0.717, 1.165) is 60.8 Å². The van der Waals surface area contributed by atoms with E-state index in [2.05, 4.69) is 69.1 Å². The molecular formula is C38H23N7O. The Hall–Kier alpha value is -6.54. The van der Waals surface area contributed by atoms with Crippen LogP contribution in [0, 0.1) is 0 Å². The molecule has 8 nitrogen and oxygen atoms in total. The van der Waals surface area contributed by atoms with Crippen LogP contribution in [0.5, 0.6) is 0 Å². The largest absolute Gasteiger partial charge is 0.435 e. The van der Waals surface area contributed by atoms with Crippen LogP contribution in [-0.2, 0) is 0 Å². The molecule has 5 heterocycles. The minimum atomic E-state index is 0.580. The Kier molecular flexibility index (Phi) is 5.95. The van der Waals surface area contributed by atoms with E-state index in [9.17, 15) is 0 Å². The molecule has 0 unspecified atom stereocenters. The second-order valence-electron chi connectivity index (χ2n) is 10.9. The lowest BCUT2D eigenvalue weighted by atomic mass is 10.1. The van der Waals surface area contributed by atoms with Gasteiger partial charge in [0.25, 0.3) is 0 Å². The highest BCUT2D eigenvalue weighted by Crippen LogP contribution is 2.38. The molecule has 0 aliphatic heterocycles. The van der Waals surface area contributed by atoms with Crippen molar-refractivity contribution >= 4 is 32.9 Å². The third-order valence-electron chi connectivity index (χ3n) is 8.11. The normalized spacial score (nSPS) is 11.5. The summed E-state index contributed by atoms with van der Waals surface area (Å²) in [5, 5.41) is 2.14. The second-order valence-corrected chi connectivity index (χ2v) is 10.9. The van der Waals surface area contributed by atoms with Crippen molar-refractivity contribution in [2.24, 2.45) is 0 Å². The zero-order valence-electron chi connectivity index (χ0n) is 24.3. The molecule has 0 saturated carbocycles. The molecule has 0 atom stereocenters. The highest BCUT2D eigenvalue weighted by molar-refractivity contribution is 6.19. The lowest BCUT2D eigenvalue weighted by molar-refractivity contribution is 0.623. The Morgan fingerprint density at radius 3 is 1.70 bits per heavy atom. The molecule has 0 saturated heterocycles. The number of hydrogen-bond donors (Lipinski definition) is 0. The van der Waals surface area contributed by atoms with Crippen molar-refractivity contribution in [1.82, 2.24) is 34.5 Å². The summed E-state index contributed by atoms with van der Waals surface area (Å²) >= 11 is 0. The third-order valence-corrected chi connectivity index (χ3v) is 8.11. The van der Waals surface area contributed by atoms with Gasteiger partial charge in [-0.2, -0.15) is 0 Å². The number of para-hydroxylation sites is 1. The van der Waals surface area contributed by atoms with Crippen LogP contribution >= 0.6 is 0 Å². The predicted octanol–water partition coefficient (Wildman–Crippen LogP) is 8.57. The minimum absolute atomic E-state index is 0.580. The number of nitrogens with zero attached hydrogens (tertiary/aromatic N) is 7. The summed E-state index contributed by atoms with van der Waals surface area (Å²) < 4.78 is 8.70. The molecule has 0 aliphatic carbocycles. The van der Waals surface area contributed by atoms with Crippen LogP contribution in [0.2, 0.25) is 0 Å². The summed E-state index contributed by atoms with van der Waals surface area (Å²) in [7, 11) is 0. The molecule has 46 heavy (non-hydrogen) atoms. The number of pyridine rings is 2. The maximum atomic E-state index is 6.44. The molecule has 0 radical (unpaired) electrons. The van der Waals surface area contributed by atoms with Gasteiger partial charge in [-0.05, 0) is 78.9 Å². The summed E-state index contributed by atoms with van der Waals surface area (Å²) in [6.45, 7) is 0. The number of aromatic nitrogens is 7. The van der Waals surface area contributed by atoms with Crippen LogP contribution in [0.1, 0.15) is 0 Å². The molecule has 4 aromatic carbocycles. The number of hydrogen-bond acceptors (Lipinski definition) is 7. The lowest BCUT2D eigenvalue weighted by Crippen LogP contribution is -2.00. The van der Waals surface area contributed by atoms with Gasteiger partial charge in [0.15, 0.2) is 23.1 Å². The van der Waals surface area contributed by atoms with Gasteiger partial charge < -0.3 is 8.98 Å². The molecule has 216 valence electrons. The first-order valence-corrected chi connectivity index (χ1v) is 14.9. The second kappa shape index (κ2) is 10.6. The molecule has 0 fully saturated rings. The number of benzene rings is 4. The van der Waals surface area contributed by atoms with E-state index in [-0.39, 0.29) is 0 Å². The highest BCUT2D eigenvalue weighted by Gasteiger charge is 2.19. The molecule has 9 rings (SSSR count). The van der Waals surface area contributed by atoms with Gasteiger partial charge in [0.1, 0.15) is 5.52 Å². The van der Waals surface area contributed by atoms with Gasteiger partial charge in [-0.15, -0.1) is 0 Å². The SMILES string of the molecule is c1ccc(-c2nc3ccc4c(c5ccccc5n4-c4ccc(-c5nc(-c6ccncc6)nc(-c6ccncc6)n5)cc4)c3o2)cc1. The van der Waals surface area contributed by atoms with Crippen LogP contribution in [0.3, 0.4) is 0 Å². The van der Waals surface area contributed by atoms with Gasteiger partial charge >= 0.3 is 0 Å². The predicted molar refractivity (Wildman–Crippen MR) is 179 cm³/mol. The lowest BCUT2D eigenvalue weighted by Gasteiger charge is -2.10. The van der Waals surface area contributed by atoms with Crippen LogP contribution in [0.4, 0.5) is 0 Å². The zero-order chi connectivity index (χ0) is 30.5. The van der Waals surface area contributed by atoms with Crippen molar-refractivity contribution in [3.63, 3.8) is 0 Å². The van der Waals surface area contributed by atoms with Gasteiger partial charge in [-0.1, -0.05) is 36.4 Å². The van der Waals surface area contributed by atoms with Crippen LogP contribution < -0.4 is 0 Å². The Balaban J connectivity index is 1.18. The first-order chi connectivity index (χ1) is 22.8. The summed E-state index contributed by atoms with van der Waals surface area (Å²) in [4.78, 5) is 27.6. The zero-order valence-corrected chi connectivity index (χ0v) is 24.3. The van der Waals surface area contributed by atoms with Crippen LogP contribution in [0.15, 0.2) is 144 Å². The number of oxazole rings is 1. The Morgan fingerprint density at radius 1 is 0.457 bits per heavy atom. The first kappa shape index (κ1) is 25.9. The quantitative estimate of drug-likeness (QED) is 0.197. The van der Waals surface area contributed by atoms with E-state index >= 15 is 0 Å². The van der Waals surface area contributed by atoms with Crippen molar-refractivity contribution in [2.45, 2.75) is 0 Å². The molecule has 0 amide bonds. The fourth-order valence-corrected chi connectivity index (χ4v) is 5.95. The average Bonchev–Trinajstić information content (AvgIpc) is 3.72. The van der Waals surface area contributed by atoms with Crippen molar-refractivity contribution in [3.05, 3.63) is 140 Å². The van der Waals surface area contributed by atoms with Crippen molar-refractivity contribution in [2.75, 3.05) is 0 Å². The van der Waals surface area contributed by atoms with Gasteiger partial charge in [-0.25, -0.2) is 19.9 Å².